The molecule has 2 rings (SSSR count). The van der Waals surface area contributed by atoms with Crippen LogP contribution in [0.2, 0.25) is 5.02 Å². The molecule has 0 saturated carbocycles. The molecule has 1 N–H and O–H groups in total. The van der Waals surface area contributed by atoms with Gasteiger partial charge in [-0.25, -0.2) is 0 Å². The lowest BCUT2D eigenvalue weighted by molar-refractivity contribution is 0.0839. The van der Waals surface area contributed by atoms with Crippen molar-refractivity contribution in [2.24, 2.45) is 0 Å². The van der Waals surface area contributed by atoms with E-state index in [2.05, 4.69) is 24.1 Å². The fraction of sp³-hybridized carbons (Fsp3) is 0.381. The molecule has 0 radical (unpaired) electrons. The van der Waals surface area contributed by atoms with E-state index in [1.165, 1.54) is 0 Å². The number of carbonyl (C=O) groups excluding carboxylic acids is 1. The van der Waals surface area contributed by atoms with Gasteiger partial charge in [-0.3, -0.25) is 4.79 Å². The van der Waals surface area contributed by atoms with E-state index < -0.39 is 0 Å². The summed E-state index contributed by atoms with van der Waals surface area (Å²) in [6.45, 7) is 8.08. The standard InChI is InChI=1S/C21H27ClN2O.ClH/c1-14-12-13-17(22)15(2)18(14)20(25)23-19(21(3,4)24(5)6)16-10-8-7-9-11-16;/h7-13,19H,1-6H3,(H,23,25);1H. The van der Waals surface area contributed by atoms with Gasteiger partial charge in [-0.2, -0.15) is 0 Å². The number of hydrogen-bond acceptors (Lipinski definition) is 2. The summed E-state index contributed by atoms with van der Waals surface area (Å²) in [5.41, 5.74) is 3.20. The maximum atomic E-state index is 13.1. The van der Waals surface area contributed by atoms with Crippen molar-refractivity contribution in [1.82, 2.24) is 10.2 Å². The second kappa shape index (κ2) is 8.90. The van der Waals surface area contributed by atoms with Crippen LogP contribution in [0.3, 0.4) is 0 Å². The van der Waals surface area contributed by atoms with Crippen molar-refractivity contribution < 1.29 is 4.79 Å². The van der Waals surface area contributed by atoms with E-state index in [4.69, 9.17) is 11.6 Å². The van der Waals surface area contributed by atoms with Crippen LogP contribution in [0.25, 0.3) is 0 Å². The van der Waals surface area contributed by atoms with Crippen LogP contribution >= 0.6 is 24.0 Å². The smallest absolute Gasteiger partial charge is 0.252 e. The Bertz CT molecular complexity index is 758. The van der Waals surface area contributed by atoms with E-state index in [1.807, 2.05) is 70.4 Å². The molecule has 0 spiro atoms. The number of benzene rings is 2. The molecule has 0 bridgehead atoms. The number of amides is 1. The van der Waals surface area contributed by atoms with Crippen LogP contribution in [0.5, 0.6) is 0 Å². The van der Waals surface area contributed by atoms with Gasteiger partial charge in [-0.1, -0.05) is 48.0 Å². The Balaban J connectivity index is 0.00000338. The first-order valence-electron chi connectivity index (χ1n) is 8.45. The molecule has 26 heavy (non-hydrogen) atoms. The summed E-state index contributed by atoms with van der Waals surface area (Å²) in [5, 5.41) is 3.85. The molecular formula is C21H28Cl2N2O. The number of rotatable bonds is 5. The molecule has 0 aliphatic carbocycles. The van der Waals surface area contributed by atoms with Gasteiger partial charge in [0.1, 0.15) is 0 Å². The Kier molecular flexibility index (Phi) is 7.70. The van der Waals surface area contributed by atoms with Gasteiger partial charge >= 0.3 is 0 Å². The molecule has 0 saturated heterocycles. The van der Waals surface area contributed by atoms with E-state index in [1.54, 1.807) is 0 Å². The Labute approximate surface area is 168 Å². The molecule has 3 nitrogen and oxygen atoms in total. The zero-order valence-electron chi connectivity index (χ0n) is 16.3. The van der Waals surface area contributed by atoms with Gasteiger partial charge in [0.25, 0.3) is 5.91 Å². The van der Waals surface area contributed by atoms with Crippen LogP contribution in [0.15, 0.2) is 42.5 Å². The number of nitrogens with one attached hydrogen (secondary N) is 1. The van der Waals surface area contributed by atoms with Crippen LogP contribution in [-0.4, -0.2) is 30.4 Å². The third-order valence-electron chi connectivity index (χ3n) is 5.10. The normalized spacial score (nSPS) is 12.5. The summed E-state index contributed by atoms with van der Waals surface area (Å²) in [4.78, 5) is 15.2. The van der Waals surface area contributed by atoms with E-state index in [0.29, 0.717) is 10.6 Å². The summed E-state index contributed by atoms with van der Waals surface area (Å²) in [6, 6.07) is 13.6. The zero-order valence-corrected chi connectivity index (χ0v) is 17.8. The number of aryl methyl sites for hydroxylation is 1. The molecule has 0 heterocycles. The van der Waals surface area contributed by atoms with Gasteiger partial charge in [0.15, 0.2) is 0 Å². The maximum absolute atomic E-state index is 13.1. The third-order valence-corrected chi connectivity index (χ3v) is 5.51. The second-order valence-electron chi connectivity index (χ2n) is 7.23. The number of likely N-dealkylation sites (N-methyl/N-ethyl adjacent to an activating group) is 1. The van der Waals surface area contributed by atoms with Crippen molar-refractivity contribution in [3.8, 4) is 0 Å². The van der Waals surface area contributed by atoms with Crippen molar-refractivity contribution in [2.45, 2.75) is 39.3 Å². The lowest BCUT2D eigenvalue weighted by atomic mass is 9.87. The highest BCUT2D eigenvalue weighted by Gasteiger charge is 2.34. The Hall–Kier alpha value is -1.55. The SMILES string of the molecule is Cc1ccc(Cl)c(C)c1C(=O)NC(c1ccccc1)C(C)(C)N(C)C.Cl. The van der Waals surface area contributed by atoms with E-state index in [-0.39, 0.29) is 29.9 Å². The fourth-order valence-corrected chi connectivity index (χ4v) is 3.10. The highest BCUT2D eigenvalue weighted by molar-refractivity contribution is 6.31. The Morgan fingerprint density at radius 1 is 1.08 bits per heavy atom. The van der Waals surface area contributed by atoms with Crippen molar-refractivity contribution >= 4 is 29.9 Å². The highest BCUT2D eigenvalue weighted by atomic mass is 35.5. The summed E-state index contributed by atoms with van der Waals surface area (Å²) in [6.07, 6.45) is 0. The molecule has 0 aliphatic rings. The molecular weight excluding hydrogens is 367 g/mol. The predicted octanol–water partition coefficient (Wildman–Crippen LogP) is 5.19. The first-order chi connectivity index (χ1) is 11.7. The molecule has 0 aromatic heterocycles. The van der Waals surface area contributed by atoms with Gasteiger partial charge in [-0.05, 0) is 64.5 Å². The summed E-state index contributed by atoms with van der Waals surface area (Å²) >= 11 is 6.24. The minimum absolute atomic E-state index is 0. The lowest BCUT2D eigenvalue weighted by Crippen LogP contribution is -2.51. The van der Waals surface area contributed by atoms with Crippen LogP contribution in [-0.2, 0) is 0 Å². The van der Waals surface area contributed by atoms with Crippen molar-refractivity contribution in [1.29, 1.82) is 0 Å². The minimum atomic E-state index is -0.266. The fourth-order valence-electron chi connectivity index (χ4n) is 2.95. The number of hydrogen-bond donors (Lipinski definition) is 1. The lowest BCUT2D eigenvalue weighted by Gasteiger charge is -2.41. The highest BCUT2D eigenvalue weighted by Crippen LogP contribution is 2.31. The Morgan fingerprint density at radius 3 is 2.19 bits per heavy atom. The molecule has 1 unspecified atom stereocenters. The van der Waals surface area contributed by atoms with Gasteiger partial charge in [0.05, 0.1) is 6.04 Å². The number of nitrogens with zero attached hydrogens (tertiary/aromatic N) is 1. The van der Waals surface area contributed by atoms with Crippen LogP contribution in [0, 0.1) is 13.8 Å². The number of halogens is 2. The predicted molar refractivity (Wildman–Crippen MR) is 113 cm³/mol. The first kappa shape index (κ1) is 22.5. The second-order valence-corrected chi connectivity index (χ2v) is 7.64. The topological polar surface area (TPSA) is 32.3 Å². The molecule has 2 aromatic carbocycles. The quantitative estimate of drug-likeness (QED) is 0.756. The van der Waals surface area contributed by atoms with Crippen LogP contribution < -0.4 is 5.32 Å². The molecule has 2 aromatic rings. The third kappa shape index (κ3) is 4.59. The van der Waals surface area contributed by atoms with Gasteiger partial charge in [0.2, 0.25) is 0 Å². The summed E-state index contributed by atoms with van der Waals surface area (Å²) in [7, 11) is 4.05. The van der Waals surface area contributed by atoms with Crippen LogP contribution in [0.4, 0.5) is 0 Å². The van der Waals surface area contributed by atoms with Crippen molar-refractivity contribution in [3.63, 3.8) is 0 Å². The average molecular weight is 395 g/mol. The molecule has 5 heteroatoms. The molecule has 0 aliphatic heterocycles. The monoisotopic (exact) mass is 394 g/mol. The first-order valence-corrected chi connectivity index (χ1v) is 8.83. The van der Waals surface area contributed by atoms with Gasteiger partial charge < -0.3 is 10.2 Å². The zero-order chi connectivity index (χ0) is 18.8. The maximum Gasteiger partial charge on any atom is 0.252 e. The number of carbonyl (C=O) groups is 1. The van der Waals surface area contributed by atoms with E-state index >= 15 is 0 Å². The van der Waals surface area contributed by atoms with E-state index in [0.717, 1.165) is 16.7 Å². The minimum Gasteiger partial charge on any atom is -0.343 e. The summed E-state index contributed by atoms with van der Waals surface area (Å²) in [5.74, 6) is -0.0960. The molecule has 0 fully saturated rings. The summed E-state index contributed by atoms with van der Waals surface area (Å²) < 4.78 is 0. The van der Waals surface area contributed by atoms with Crippen molar-refractivity contribution in [3.05, 3.63) is 69.7 Å². The molecule has 1 amide bonds. The van der Waals surface area contributed by atoms with Gasteiger partial charge in [-0.15, -0.1) is 12.4 Å². The Morgan fingerprint density at radius 2 is 1.65 bits per heavy atom. The average Bonchev–Trinajstić information content (AvgIpc) is 2.57. The largest absolute Gasteiger partial charge is 0.343 e. The molecule has 142 valence electrons. The van der Waals surface area contributed by atoms with E-state index in [9.17, 15) is 4.79 Å². The molecule has 1 atom stereocenters. The van der Waals surface area contributed by atoms with Gasteiger partial charge in [0, 0.05) is 16.1 Å². The van der Waals surface area contributed by atoms with Crippen LogP contribution in [0.1, 0.15) is 46.9 Å². The van der Waals surface area contributed by atoms with Crippen molar-refractivity contribution in [2.75, 3.05) is 14.1 Å².